The van der Waals surface area contributed by atoms with E-state index in [9.17, 15) is 30.3 Å². The van der Waals surface area contributed by atoms with Crippen molar-refractivity contribution in [3.63, 3.8) is 0 Å². The number of carbonyl (C=O) groups is 1. The summed E-state index contributed by atoms with van der Waals surface area (Å²) in [4.78, 5) is 13.0. The van der Waals surface area contributed by atoms with Crippen molar-refractivity contribution in [1.29, 1.82) is 0 Å². The molecule has 2 unspecified atom stereocenters. The smallest absolute Gasteiger partial charge is 0.220 e. The Bertz CT molecular complexity index is 847. The third-order valence-electron chi connectivity index (χ3n) is 12.0. The van der Waals surface area contributed by atoms with Crippen LogP contribution in [0.25, 0.3) is 0 Å². The molecular weight excluding hydrogens is 707 g/mol. The molecule has 0 aromatic rings. The Morgan fingerprint density at radius 1 is 0.536 bits per heavy atom. The van der Waals surface area contributed by atoms with Crippen LogP contribution in [0.4, 0.5) is 0 Å². The van der Waals surface area contributed by atoms with Crippen LogP contribution in [-0.2, 0) is 14.3 Å². The maximum Gasteiger partial charge on any atom is 0.220 e. The molecule has 334 valence electrons. The number of rotatable bonds is 41. The van der Waals surface area contributed by atoms with Gasteiger partial charge in [-0.1, -0.05) is 219 Å². The summed E-state index contributed by atoms with van der Waals surface area (Å²) >= 11 is 0. The van der Waals surface area contributed by atoms with Crippen LogP contribution in [0.5, 0.6) is 0 Å². The molecule has 7 atom stereocenters. The van der Waals surface area contributed by atoms with Gasteiger partial charge < -0.3 is 40.3 Å². The van der Waals surface area contributed by atoms with Gasteiger partial charge in [0.05, 0.1) is 25.4 Å². The van der Waals surface area contributed by atoms with Crippen LogP contribution < -0.4 is 5.32 Å². The summed E-state index contributed by atoms with van der Waals surface area (Å²) in [7, 11) is 0. The third-order valence-corrected chi connectivity index (χ3v) is 12.0. The maximum atomic E-state index is 13.0. The predicted molar refractivity (Wildman–Crippen MR) is 231 cm³/mol. The van der Waals surface area contributed by atoms with Crippen molar-refractivity contribution in [3.05, 3.63) is 0 Å². The van der Waals surface area contributed by atoms with E-state index in [0.717, 1.165) is 38.5 Å². The van der Waals surface area contributed by atoms with E-state index in [1.54, 1.807) is 0 Å². The van der Waals surface area contributed by atoms with Crippen LogP contribution in [0, 0.1) is 0 Å². The zero-order valence-electron chi connectivity index (χ0n) is 36.7. The number of aliphatic hydroxyl groups is 5. The fourth-order valence-electron chi connectivity index (χ4n) is 8.04. The Morgan fingerprint density at radius 3 is 1.27 bits per heavy atom. The summed E-state index contributed by atoms with van der Waals surface area (Å²) in [5.41, 5.74) is 0. The predicted octanol–water partition coefficient (Wildman–Crippen LogP) is 10.3. The van der Waals surface area contributed by atoms with Gasteiger partial charge in [0.1, 0.15) is 24.4 Å². The minimum Gasteiger partial charge on any atom is -0.394 e. The number of aliphatic hydroxyl groups excluding tert-OH is 5. The highest BCUT2D eigenvalue weighted by Crippen LogP contribution is 2.23. The van der Waals surface area contributed by atoms with Crippen LogP contribution in [0.3, 0.4) is 0 Å². The topological polar surface area (TPSA) is 149 Å². The first-order valence-corrected chi connectivity index (χ1v) is 24.2. The summed E-state index contributed by atoms with van der Waals surface area (Å²) in [6, 6.07) is -0.710. The maximum absolute atomic E-state index is 13.0. The van der Waals surface area contributed by atoms with Gasteiger partial charge >= 0.3 is 0 Å². The normalized spacial score (nSPS) is 21.0. The molecule has 1 heterocycles. The number of ether oxygens (including phenoxy) is 2. The largest absolute Gasteiger partial charge is 0.394 e. The number of carbonyl (C=O) groups excluding carboxylic acids is 1. The molecular formula is C47H93NO8. The second-order valence-electron chi connectivity index (χ2n) is 17.3. The van der Waals surface area contributed by atoms with Crippen LogP contribution in [0.2, 0.25) is 0 Å². The molecule has 0 spiro atoms. The molecule has 1 amide bonds. The highest BCUT2D eigenvalue weighted by Gasteiger charge is 2.44. The van der Waals surface area contributed by atoms with Crippen molar-refractivity contribution in [2.75, 3.05) is 13.2 Å². The first-order valence-electron chi connectivity index (χ1n) is 24.2. The summed E-state index contributed by atoms with van der Waals surface area (Å²) in [5, 5.41) is 54.3. The van der Waals surface area contributed by atoms with Gasteiger partial charge in [0, 0.05) is 6.42 Å². The standard InChI is InChI=1S/C47H93NO8/c1-3-5-7-9-11-13-15-16-17-18-19-20-21-22-23-24-25-27-29-31-33-35-37-43(51)48-40(39-55-47-46(54)45(53)44(52)42(38-49)56-47)41(50)36-34-32-30-28-26-14-12-10-8-6-4-2/h40-42,44-47,49-50,52-54H,3-39H2,1-2H3,(H,48,51)/t40-,41+,42-,44-,45?,46?,47-/m0/s1. The van der Waals surface area contributed by atoms with Gasteiger partial charge in [0.2, 0.25) is 5.91 Å². The number of amides is 1. The Kier molecular flexibility index (Phi) is 36.5. The number of hydrogen-bond acceptors (Lipinski definition) is 8. The Hall–Kier alpha value is -0.810. The first kappa shape index (κ1) is 53.2. The molecule has 0 bridgehead atoms. The molecule has 56 heavy (non-hydrogen) atoms. The van der Waals surface area contributed by atoms with Crippen LogP contribution in [0.15, 0.2) is 0 Å². The van der Waals surface area contributed by atoms with E-state index in [1.807, 2.05) is 0 Å². The third kappa shape index (κ3) is 28.6. The monoisotopic (exact) mass is 800 g/mol. The van der Waals surface area contributed by atoms with Gasteiger partial charge in [0.15, 0.2) is 6.29 Å². The van der Waals surface area contributed by atoms with E-state index in [1.165, 1.54) is 173 Å². The van der Waals surface area contributed by atoms with Crippen molar-refractivity contribution in [2.45, 2.75) is 281 Å². The quantitative estimate of drug-likeness (QED) is 0.0335. The lowest BCUT2D eigenvalue weighted by molar-refractivity contribution is -0.302. The minimum atomic E-state index is -1.55. The van der Waals surface area contributed by atoms with E-state index in [2.05, 4.69) is 19.2 Å². The van der Waals surface area contributed by atoms with Crippen molar-refractivity contribution in [2.24, 2.45) is 0 Å². The van der Waals surface area contributed by atoms with Crippen LogP contribution in [0.1, 0.15) is 239 Å². The lowest BCUT2D eigenvalue weighted by Crippen LogP contribution is -2.60. The highest BCUT2D eigenvalue weighted by atomic mass is 16.7. The fraction of sp³-hybridized carbons (Fsp3) is 0.979. The molecule has 1 aliphatic heterocycles. The average Bonchev–Trinajstić information content (AvgIpc) is 3.20. The van der Waals surface area contributed by atoms with Crippen molar-refractivity contribution in [3.8, 4) is 0 Å². The van der Waals surface area contributed by atoms with Crippen LogP contribution >= 0.6 is 0 Å². The van der Waals surface area contributed by atoms with E-state index in [0.29, 0.717) is 12.8 Å². The van der Waals surface area contributed by atoms with Gasteiger partial charge in [-0.2, -0.15) is 0 Å². The van der Waals surface area contributed by atoms with Crippen molar-refractivity contribution >= 4 is 5.91 Å². The molecule has 9 nitrogen and oxygen atoms in total. The fourth-order valence-corrected chi connectivity index (χ4v) is 8.04. The number of unbranched alkanes of at least 4 members (excludes halogenated alkanes) is 31. The molecule has 1 rings (SSSR count). The van der Waals surface area contributed by atoms with E-state index < -0.39 is 49.5 Å². The van der Waals surface area contributed by atoms with E-state index in [4.69, 9.17) is 9.47 Å². The molecule has 0 aromatic heterocycles. The molecule has 0 saturated carbocycles. The zero-order valence-corrected chi connectivity index (χ0v) is 36.7. The first-order chi connectivity index (χ1) is 27.3. The van der Waals surface area contributed by atoms with Gasteiger partial charge in [-0.05, 0) is 12.8 Å². The van der Waals surface area contributed by atoms with Crippen molar-refractivity contribution < 1.29 is 39.8 Å². The summed E-state index contributed by atoms with van der Waals surface area (Å²) in [5.74, 6) is -0.140. The molecule has 0 aliphatic carbocycles. The van der Waals surface area contributed by atoms with Gasteiger partial charge in [0.25, 0.3) is 0 Å². The Balaban J connectivity index is 2.22. The second kappa shape index (κ2) is 38.4. The number of nitrogens with one attached hydrogen (secondary N) is 1. The summed E-state index contributed by atoms with van der Waals surface area (Å²) in [6.07, 6.45) is 35.5. The lowest BCUT2D eigenvalue weighted by Gasteiger charge is -2.40. The zero-order chi connectivity index (χ0) is 40.9. The molecule has 1 fully saturated rings. The summed E-state index contributed by atoms with van der Waals surface area (Å²) in [6.45, 7) is 3.84. The molecule has 1 aliphatic rings. The molecule has 6 N–H and O–H groups in total. The highest BCUT2D eigenvalue weighted by molar-refractivity contribution is 5.76. The average molecular weight is 800 g/mol. The SMILES string of the molecule is CCCCCCCCCCCCCCCCCCCCCCCCC(=O)N[C@@H](CO[C@H]1O[C@@H](CO)[C@H](O)C(O)C1O)[C@H](O)CCCCCCCCCCCCC. The minimum absolute atomic E-state index is 0.132. The Labute approximate surface area is 344 Å². The van der Waals surface area contributed by atoms with Crippen LogP contribution in [-0.4, -0.2) is 87.5 Å². The van der Waals surface area contributed by atoms with E-state index >= 15 is 0 Å². The molecule has 0 aromatic carbocycles. The van der Waals surface area contributed by atoms with E-state index in [-0.39, 0.29) is 12.5 Å². The molecule has 9 heteroatoms. The Morgan fingerprint density at radius 2 is 0.893 bits per heavy atom. The van der Waals surface area contributed by atoms with Gasteiger partial charge in [-0.15, -0.1) is 0 Å². The molecule has 1 saturated heterocycles. The number of hydrogen-bond donors (Lipinski definition) is 6. The van der Waals surface area contributed by atoms with Gasteiger partial charge in [-0.3, -0.25) is 4.79 Å². The van der Waals surface area contributed by atoms with Crippen molar-refractivity contribution in [1.82, 2.24) is 5.32 Å². The lowest BCUT2D eigenvalue weighted by atomic mass is 9.99. The second-order valence-corrected chi connectivity index (χ2v) is 17.3. The summed E-state index contributed by atoms with van der Waals surface area (Å²) < 4.78 is 11.3. The van der Waals surface area contributed by atoms with Gasteiger partial charge in [-0.25, -0.2) is 0 Å². The molecule has 0 radical (unpaired) electrons.